The normalized spacial score (nSPS) is 14.3. The Balaban J connectivity index is 1.27. The Bertz CT molecular complexity index is 1030. The summed E-state index contributed by atoms with van der Waals surface area (Å²) in [6, 6.07) is 18.4. The van der Waals surface area contributed by atoms with Gasteiger partial charge in [0.2, 0.25) is 0 Å². The number of nitrogens with zero attached hydrogens (tertiary/aromatic N) is 2. The Morgan fingerprint density at radius 2 is 1.81 bits per heavy atom. The molecule has 2 heterocycles. The fourth-order valence-corrected chi connectivity index (χ4v) is 6.58. The number of benzene rings is 2. The number of carbonyl (C=O) groups excluding carboxylic acids is 1. The molecule has 1 amide bonds. The molecule has 4 rings (SSSR count). The number of amides is 1. The largest absolute Gasteiger partial charge is 0.484 e. The lowest BCUT2D eigenvalue weighted by Crippen LogP contribution is -2.28. The zero-order chi connectivity index (χ0) is 22.3. The Hall–Kier alpha value is -2.38. The first-order valence-electron chi connectivity index (χ1n) is 10.9. The van der Waals surface area contributed by atoms with Crippen LogP contribution in [0, 0.1) is 13.8 Å². The van der Waals surface area contributed by atoms with Gasteiger partial charge in [-0.3, -0.25) is 9.48 Å². The molecular formula is C25H29N3O2S2. The van der Waals surface area contributed by atoms with Crippen LogP contribution in [0.25, 0.3) is 0 Å². The summed E-state index contributed by atoms with van der Waals surface area (Å²) in [7, 11) is 0. The molecule has 1 aromatic heterocycles. The van der Waals surface area contributed by atoms with Gasteiger partial charge in [0.25, 0.3) is 5.91 Å². The van der Waals surface area contributed by atoms with E-state index in [9.17, 15) is 4.79 Å². The van der Waals surface area contributed by atoms with E-state index < -0.39 is 0 Å². The monoisotopic (exact) mass is 467 g/mol. The van der Waals surface area contributed by atoms with E-state index in [1.54, 1.807) is 0 Å². The van der Waals surface area contributed by atoms with Crippen molar-refractivity contribution in [2.45, 2.75) is 37.9 Å². The van der Waals surface area contributed by atoms with Crippen molar-refractivity contribution in [3.05, 3.63) is 82.7 Å². The molecule has 7 heteroatoms. The molecule has 0 saturated carbocycles. The Morgan fingerprint density at radius 3 is 2.53 bits per heavy atom. The van der Waals surface area contributed by atoms with Gasteiger partial charge in [0, 0.05) is 17.8 Å². The first-order chi connectivity index (χ1) is 15.6. The van der Waals surface area contributed by atoms with E-state index >= 15 is 0 Å². The first kappa shape index (κ1) is 22.8. The molecule has 5 nitrogen and oxygen atoms in total. The van der Waals surface area contributed by atoms with Crippen molar-refractivity contribution in [3.8, 4) is 5.75 Å². The molecule has 1 saturated heterocycles. The van der Waals surface area contributed by atoms with Crippen LogP contribution in [0.5, 0.6) is 5.75 Å². The van der Waals surface area contributed by atoms with Gasteiger partial charge in [-0.05, 0) is 55.0 Å². The van der Waals surface area contributed by atoms with E-state index in [2.05, 4.69) is 34.7 Å². The van der Waals surface area contributed by atoms with Gasteiger partial charge in [0.15, 0.2) is 6.61 Å². The molecule has 0 unspecified atom stereocenters. The predicted molar refractivity (Wildman–Crippen MR) is 133 cm³/mol. The summed E-state index contributed by atoms with van der Waals surface area (Å²) in [6.45, 7) is 5.20. The molecule has 0 radical (unpaired) electrons. The van der Waals surface area contributed by atoms with E-state index in [1.165, 1.54) is 29.1 Å². The lowest BCUT2D eigenvalue weighted by atomic mass is 10.2. The summed E-state index contributed by atoms with van der Waals surface area (Å²) in [5.74, 6) is 3.03. The number of thioether (sulfide) groups is 2. The van der Waals surface area contributed by atoms with E-state index in [4.69, 9.17) is 4.74 Å². The van der Waals surface area contributed by atoms with Crippen LogP contribution in [-0.2, 0) is 17.9 Å². The highest BCUT2D eigenvalue weighted by Gasteiger charge is 2.17. The van der Waals surface area contributed by atoms with E-state index in [-0.39, 0.29) is 12.5 Å². The summed E-state index contributed by atoms with van der Waals surface area (Å²) < 4.78 is 8.20. The third-order valence-corrected chi connectivity index (χ3v) is 8.53. The third kappa shape index (κ3) is 5.90. The Kier molecular flexibility index (Phi) is 7.81. The lowest BCUT2D eigenvalue weighted by Gasteiger charge is -2.21. The SMILES string of the molecule is Cc1nn(Cc2ccccc2)c(C)c1CNC(=O)COc1ccc(C2SCCCS2)cc1. The third-order valence-electron chi connectivity index (χ3n) is 5.52. The number of aromatic nitrogens is 2. The van der Waals surface area contributed by atoms with E-state index in [0.717, 1.165) is 29.2 Å². The zero-order valence-corrected chi connectivity index (χ0v) is 20.2. The smallest absolute Gasteiger partial charge is 0.258 e. The van der Waals surface area contributed by atoms with Gasteiger partial charge in [-0.1, -0.05) is 42.5 Å². The molecule has 1 N–H and O–H groups in total. The van der Waals surface area contributed by atoms with Crippen molar-refractivity contribution in [2.75, 3.05) is 18.1 Å². The molecule has 1 fully saturated rings. The predicted octanol–water partition coefficient (Wildman–Crippen LogP) is 5.11. The molecule has 2 aromatic carbocycles. The van der Waals surface area contributed by atoms with Crippen LogP contribution in [0.2, 0.25) is 0 Å². The number of hydrogen-bond acceptors (Lipinski definition) is 5. The molecule has 0 bridgehead atoms. The molecule has 0 spiro atoms. The summed E-state index contributed by atoms with van der Waals surface area (Å²) in [4.78, 5) is 12.4. The summed E-state index contributed by atoms with van der Waals surface area (Å²) in [5.41, 5.74) is 5.58. The second kappa shape index (κ2) is 11.0. The zero-order valence-electron chi connectivity index (χ0n) is 18.5. The minimum atomic E-state index is -0.137. The van der Waals surface area contributed by atoms with Crippen LogP contribution in [0.1, 0.15) is 39.1 Å². The van der Waals surface area contributed by atoms with Gasteiger partial charge in [0.1, 0.15) is 5.75 Å². The molecule has 32 heavy (non-hydrogen) atoms. The fraction of sp³-hybridized carbons (Fsp3) is 0.360. The maximum absolute atomic E-state index is 12.4. The molecule has 168 valence electrons. The molecule has 0 aliphatic carbocycles. The van der Waals surface area contributed by atoms with Crippen LogP contribution in [0.3, 0.4) is 0 Å². The number of hydrogen-bond donors (Lipinski definition) is 1. The number of ether oxygens (including phenoxy) is 1. The molecule has 3 aromatic rings. The van der Waals surface area contributed by atoms with Crippen molar-refractivity contribution in [1.29, 1.82) is 0 Å². The first-order valence-corrected chi connectivity index (χ1v) is 13.0. The number of aryl methyl sites for hydroxylation is 1. The second-order valence-corrected chi connectivity index (χ2v) is 10.6. The number of nitrogens with one attached hydrogen (secondary N) is 1. The van der Waals surface area contributed by atoms with Gasteiger partial charge in [-0.15, -0.1) is 23.5 Å². The second-order valence-electron chi connectivity index (χ2n) is 7.85. The van der Waals surface area contributed by atoms with Gasteiger partial charge < -0.3 is 10.1 Å². The van der Waals surface area contributed by atoms with E-state index in [1.807, 2.05) is 72.4 Å². The highest BCUT2D eigenvalue weighted by molar-refractivity contribution is 8.16. The van der Waals surface area contributed by atoms with Gasteiger partial charge >= 0.3 is 0 Å². The molecule has 1 aliphatic heterocycles. The lowest BCUT2D eigenvalue weighted by molar-refractivity contribution is -0.123. The van der Waals surface area contributed by atoms with Crippen LogP contribution >= 0.6 is 23.5 Å². The van der Waals surface area contributed by atoms with Crippen molar-refractivity contribution in [3.63, 3.8) is 0 Å². The highest BCUT2D eigenvalue weighted by Crippen LogP contribution is 2.43. The molecule has 1 aliphatic rings. The topological polar surface area (TPSA) is 56.2 Å². The van der Waals surface area contributed by atoms with Crippen molar-refractivity contribution >= 4 is 29.4 Å². The maximum atomic E-state index is 12.4. The minimum absolute atomic E-state index is 0.00250. The number of carbonyl (C=O) groups is 1. The fourth-order valence-electron chi connectivity index (χ4n) is 3.69. The molecule has 0 atom stereocenters. The van der Waals surface area contributed by atoms with Crippen molar-refractivity contribution in [1.82, 2.24) is 15.1 Å². The van der Waals surface area contributed by atoms with Gasteiger partial charge in [-0.2, -0.15) is 5.10 Å². The van der Waals surface area contributed by atoms with Gasteiger partial charge in [-0.25, -0.2) is 0 Å². The molecular weight excluding hydrogens is 438 g/mol. The summed E-state index contributed by atoms with van der Waals surface area (Å²) in [6.07, 6.45) is 1.29. The average molecular weight is 468 g/mol. The Morgan fingerprint density at radius 1 is 1.09 bits per heavy atom. The van der Waals surface area contributed by atoms with Crippen LogP contribution in [0.4, 0.5) is 0 Å². The van der Waals surface area contributed by atoms with Crippen molar-refractivity contribution in [2.24, 2.45) is 0 Å². The number of rotatable bonds is 8. The van der Waals surface area contributed by atoms with Crippen LogP contribution in [-0.4, -0.2) is 33.8 Å². The van der Waals surface area contributed by atoms with Crippen molar-refractivity contribution < 1.29 is 9.53 Å². The van der Waals surface area contributed by atoms with Crippen LogP contribution in [0.15, 0.2) is 54.6 Å². The average Bonchev–Trinajstić information content (AvgIpc) is 3.10. The minimum Gasteiger partial charge on any atom is -0.484 e. The van der Waals surface area contributed by atoms with E-state index in [0.29, 0.717) is 11.1 Å². The quantitative estimate of drug-likeness (QED) is 0.499. The highest BCUT2D eigenvalue weighted by atomic mass is 32.2. The Labute approximate surface area is 198 Å². The van der Waals surface area contributed by atoms with Crippen LogP contribution < -0.4 is 10.1 Å². The summed E-state index contributed by atoms with van der Waals surface area (Å²) in [5, 5.41) is 7.62. The standard InChI is InChI=1S/C25H29N3O2S2/c1-18-23(19(2)28(27-18)16-20-7-4-3-5-8-20)15-26-24(29)17-30-22-11-9-21(10-12-22)25-31-13-6-14-32-25/h3-5,7-12,25H,6,13-17H2,1-2H3,(H,26,29). The summed E-state index contributed by atoms with van der Waals surface area (Å²) >= 11 is 4.00. The maximum Gasteiger partial charge on any atom is 0.258 e. The van der Waals surface area contributed by atoms with Gasteiger partial charge in [0.05, 0.1) is 16.8 Å².